The Hall–Kier alpha value is -3.25. The molecule has 1 saturated heterocycles. The zero-order valence-electron chi connectivity index (χ0n) is 16.7. The zero-order valence-corrected chi connectivity index (χ0v) is 17.6. The summed E-state index contributed by atoms with van der Waals surface area (Å²) in [7, 11) is 0. The topological polar surface area (TPSA) is 58.6 Å². The van der Waals surface area contributed by atoms with E-state index < -0.39 is 0 Å². The van der Waals surface area contributed by atoms with Gasteiger partial charge in [0.2, 0.25) is 11.8 Å². The minimum absolute atomic E-state index is 0.0712. The highest BCUT2D eigenvalue weighted by molar-refractivity contribution is 8.01. The van der Waals surface area contributed by atoms with Crippen molar-refractivity contribution < 1.29 is 14.3 Å². The lowest BCUT2D eigenvalue weighted by Gasteiger charge is -2.24. The Kier molecular flexibility index (Phi) is 5.77. The van der Waals surface area contributed by atoms with Crippen LogP contribution >= 0.6 is 11.8 Å². The minimum atomic E-state index is -0.134. The molecule has 30 heavy (non-hydrogen) atoms. The first kappa shape index (κ1) is 20.0. The van der Waals surface area contributed by atoms with Gasteiger partial charge in [0.15, 0.2) is 0 Å². The molecule has 1 aliphatic heterocycles. The number of anilines is 2. The SMILES string of the molecule is CC(=O)Nc1ccc(N2C(=O)[C@@H](C)S[C@@H]2c2ccc(Oc3ccccc3)cc2)cc1. The molecule has 0 radical (unpaired) electrons. The van der Waals surface area contributed by atoms with Crippen LogP contribution in [0.2, 0.25) is 0 Å². The smallest absolute Gasteiger partial charge is 0.241 e. The summed E-state index contributed by atoms with van der Waals surface area (Å²) >= 11 is 1.62. The maximum atomic E-state index is 12.9. The number of hydrogen-bond donors (Lipinski definition) is 1. The van der Waals surface area contributed by atoms with E-state index in [2.05, 4.69) is 5.32 Å². The highest BCUT2D eigenvalue weighted by atomic mass is 32.2. The zero-order chi connectivity index (χ0) is 21.1. The molecule has 6 heteroatoms. The largest absolute Gasteiger partial charge is 0.457 e. The van der Waals surface area contributed by atoms with Gasteiger partial charge in [0.1, 0.15) is 16.9 Å². The molecule has 152 valence electrons. The molecule has 0 spiro atoms. The van der Waals surface area contributed by atoms with Crippen molar-refractivity contribution in [1.82, 2.24) is 0 Å². The number of carbonyl (C=O) groups excluding carboxylic acids is 2. The number of para-hydroxylation sites is 1. The molecule has 1 aliphatic rings. The number of thioether (sulfide) groups is 1. The minimum Gasteiger partial charge on any atom is -0.457 e. The lowest BCUT2D eigenvalue weighted by molar-refractivity contribution is -0.117. The van der Waals surface area contributed by atoms with E-state index >= 15 is 0 Å². The molecule has 0 unspecified atom stereocenters. The maximum Gasteiger partial charge on any atom is 0.241 e. The van der Waals surface area contributed by atoms with Crippen molar-refractivity contribution in [1.29, 1.82) is 0 Å². The van der Waals surface area contributed by atoms with E-state index in [1.807, 2.05) is 90.7 Å². The van der Waals surface area contributed by atoms with E-state index in [-0.39, 0.29) is 22.4 Å². The van der Waals surface area contributed by atoms with Gasteiger partial charge in [-0.1, -0.05) is 30.3 Å². The van der Waals surface area contributed by atoms with Crippen LogP contribution in [0.15, 0.2) is 78.9 Å². The molecule has 2 amide bonds. The summed E-state index contributed by atoms with van der Waals surface area (Å²) in [4.78, 5) is 25.9. The van der Waals surface area contributed by atoms with Crippen molar-refractivity contribution in [2.24, 2.45) is 0 Å². The van der Waals surface area contributed by atoms with E-state index in [0.717, 1.165) is 22.7 Å². The summed E-state index contributed by atoms with van der Waals surface area (Å²) in [6.07, 6.45) is 0. The number of hydrogen-bond acceptors (Lipinski definition) is 4. The molecule has 3 aromatic rings. The molecule has 1 heterocycles. The maximum absolute atomic E-state index is 12.9. The molecule has 2 atom stereocenters. The van der Waals surface area contributed by atoms with Gasteiger partial charge in [0, 0.05) is 18.3 Å². The summed E-state index contributed by atoms with van der Waals surface area (Å²) in [6.45, 7) is 3.40. The standard InChI is InChI=1S/C24H22N2O3S/c1-16-23(28)26(20-12-10-19(11-13-20)25-17(2)27)24(30-16)18-8-14-22(15-9-18)29-21-6-4-3-5-7-21/h3-16,24H,1-2H3,(H,25,27)/t16-,24-/m1/s1. The second-order valence-electron chi connectivity index (χ2n) is 7.05. The monoisotopic (exact) mass is 418 g/mol. The van der Waals surface area contributed by atoms with Gasteiger partial charge in [0.05, 0.1) is 5.25 Å². The van der Waals surface area contributed by atoms with Crippen molar-refractivity contribution in [2.75, 3.05) is 10.2 Å². The van der Waals surface area contributed by atoms with Crippen molar-refractivity contribution in [2.45, 2.75) is 24.5 Å². The van der Waals surface area contributed by atoms with Gasteiger partial charge < -0.3 is 10.1 Å². The third-order valence-corrected chi connectivity index (χ3v) is 6.11. The molecular formula is C24H22N2O3S. The van der Waals surface area contributed by atoms with Gasteiger partial charge in [-0.2, -0.15) is 0 Å². The first-order chi connectivity index (χ1) is 14.5. The Morgan fingerprint density at radius 1 is 0.933 bits per heavy atom. The average molecular weight is 419 g/mol. The van der Waals surface area contributed by atoms with Gasteiger partial charge >= 0.3 is 0 Å². The molecule has 3 aromatic carbocycles. The second kappa shape index (κ2) is 8.63. The Balaban J connectivity index is 1.56. The van der Waals surface area contributed by atoms with E-state index in [1.54, 1.807) is 11.8 Å². The fraction of sp³-hybridized carbons (Fsp3) is 0.167. The van der Waals surface area contributed by atoms with E-state index in [0.29, 0.717) is 5.69 Å². The van der Waals surface area contributed by atoms with Crippen LogP contribution < -0.4 is 15.0 Å². The van der Waals surface area contributed by atoms with Crippen LogP contribution in [0.4, 0.5) is 11.4 Å². The van der Waals surface area contributed by atoms with Crippen molar-refractivity contribution >= 4 is 35.0 Å². The van der Waals surface area contributed by atoms with Gasteiger partial charge in [-0.15, -0.1) is 11.8 Å². The summed E-state index contributed by atoms with van der Waals surface area (Å²) < 4.78 is 5.87. The molecule has 0 aromatic heterocycles. The quantitative estimate of drug-likeness (QED) is 0.586. The lowest BCUT2D eigenvalue weighted by atomic mass is 10.1. The third kappa shape index (κ3) is 4.33. The van der Waals surface area contributed by atoms with Gasteiger partial charge in [-0.05, 0) is 61.0 Å². The number of benzene rings is 3. The first-order valence-electron chi connectivity index (χ1n) is 9.70. The second-order valence-corrected chi connectivity index (χ2v) is 8.48. The van der Waals surface area contributed by atoms with E-state index in [9.17, 15) is 9.59 Å². The Labute approximate surface area is 180 Å². The van der Waals surface area contributed by atoms with Crippen molar-refractivity contribution in [3.05, 3.63) is 84.4 Å². The fourth-order valence-corrected chi connectivity index (χ4v) is 4.63. The average Bonchev–Trinajstić information content (AvgIpc) is 3.04. The highest BCUT2D eigenvalue weighted by Crippen LogP contribution is 2.45. The summed E-state index contributed by atoms with van der Waals surface area (Å²) in [5.74, 6) is 1.48. The molecule has 0 aliphatic carbocycles. The molecule has 0 saturated carbocycles. The summed E-state index contributed by atoms with van der Waals surface area (Å²) in [5.41, 5.74) is 2.54. The van der Waals surface area contributed by atoms with Gasteiger partial charge in [-0.25, -0.2) is 0 Å². The summed E-state index contributed by atoms with van der Waals surface area (Å²) in [5, 5.41) is 2.50. The van der Waals surface area contributed by atoms with Crippen LogP contribution in [0, 0.1) is 0 Å². The van der Waals surface area contributed by atoms with Crippen LogP contribution in [0.5, 0.6) is 11.5 Å². The third-order valence-electron chi connectivity index (χ3n) is 4.76. The van der Waals surface area contributed by atoms with Crippen LogP contribution in [-0.4, -0.2) is 17.1 Å². The van der Waals surface area contributed by atoms with Crippen LogP contribution in [-0.2, 0) is 9.59 Å². The predicted molar refractivity (Wildman–Crippen MR) is 121 cm³/mol. The van der Waals surface area contributed by atoms with E-state index in [4.69, 9.17) is 4.74 Å². The molecular weight excluding hydrogens is 396 g/mol. The predicted octanol–water partition coefficient (Wildman–Crippen LogP) is 5.60. The Morgan fingerprint density at radius 3 is 2.20 bits per heavy atom. The number of carbonyl (C=O) groups is 2. The van der Waals surface area contributed by atoms with Crippen molar-refractivity contribution in [3.63, 3.8) is 0 Å². The molecule has 1 N–H and O–H groups in total. The lowest BCUT2D eigenvalue weighted by Crippen LogP contribution is -2.30. The normalized spacial score (nSPS) is 18.3. The fourth-order valence-electron chi connectivity index (χ4n) is 3.35. The van der Waals surface area contributed by atoms with Crippen LogP contribution in [0.3, 0.4) is 0 Å². The van der Waals surface area contributed by atoms with Crippen LogP contribution in [0.1, 0.15) is 24.8 Å². The Morgan fingerprint density at radius 2 is 1.57 bits per heavy atom. The van der Waals surface area contributed by atoms with Gasteiger partial charge in [-0.3, -0.25) is 14.5 Å². The van der Waals surface area contributed by atoms with Gasteiger partial charge in [0.25, 0.3) is 0 Å². The highest BCUT2D eigenvalue weighted by Gasteiger charge is 2.39. The number of amides is 2. The molecule has 4 rings (SSSR count). The number of ether oxygens (including phenoxy) is 1. The van der Waals surface area contributed by atoms with E-state index in [1.165, 1.54) is 6.92 Å². The van der Waals surface area contributed by atoms with Crippen molar-refractivity contribution in [3.8, 4) is 11.5 Å². The first-order valence-corrected chi connectivity index (χ1v) is 10.6. The number of nitrogens with zero attached hydrogens (tertiary/aromatic N) is 1. The number of nitrogens with one attached hydrogen (secondary N) is 1. The molecule has 0 bridgehead atoms. The molecule has 5 nitrogen and oxygen atoms in total. The molecule has 1 fully saturated rings. The van der Waals surface area contributed by atoms with Crippen LogP contribution in [0.25, 0.3) is 0 Å². The Bertz CT molecular complexity index is 1040. The number of rotatable bonds is 5. The summed E-state index contributed by atoms with van der Waals surface area (Å²) in [6, 6.07) is 24.8.